The Hall–Kier alpha value is -1.42. The quantitative estimate of drug-likeness (QED) is 0.880. The summed E-state index contributed by atoms with van der Waals surface area (Å²) in [6.07, 6.45) is 8.15. The summed E-state index contributed by atoms with van der Waals surface area (Å²) >= 11 is 0. The van der Waals surface area contributed by atoms with Crippen LogP contribution in [0.1, 0.15) is 36.0 Å². The lowest BCUT2D eigenvalue weighted by Crippen LogP contribution is -2.38. The van der Waals surface area contributed by atoms with E-state index < -0.39 is 0 Å². The van der Waals surface area contributed by atoms with Crippen LogP contribution in [0.2, 0.25) is 0 Å². The Morgan fingerprint density at radius 1 is 1.56 bits per heavy atom. The molecule has 0 radical (unpaired) electrons. The first-order chi connectivity index (χ1) is 8.77. The highest BCUT2D eigenvalue weighted by Gasteiger charge is 2.16. The summed E-state index contributed by atoms with van der Waals surface area (Å²) in [6.45, 7) is 1.91. The Labute approximate surface area is 108 Å². The second-order valence-corrected chi connectivity index (χ2v) is 4.90. The fourth-order valence-corrected chi connectivity index (χ4v) is 2.33. The SMILES string of the molecule is CN(CCC1CCCCN1)C(=O)c1cccnc1. The Bertz CT molecular complexity index is 374. The number of rotatable bonds is 4. The number of nitrogens with zero attached hydrogens (tertiary/aromatic N) is 2. The largest absolute Gasteiger partial charge is 0.342 e. The van der Waals surface area contributed by atoms with Crippen LogP contribution in [0.3, 0.4) is 0 Å². The summed E-state index contributed by atoms with van der Waals surface area (Å²) in [6, 6.07) is 4.18. The zero-order chi connectivity index (χ0) is 12.8. The molecule has 4 nitrogen and oxygen atoms in total. The number of pyridine rings is 1. The van der Waals surface area contributed by atoms with Crippen molar-refractivity contribution in [1.82, 2.24) is 15.2 Å². The first-order valence-corrected chi connectivity index (χ1v) is 6.66. The van der Waals surface area contributed by atoms with Gasteiger partial charge >= 0.3 is 0 Å². The number of hydrogen-bond donors (Lipinski definition) is 1. The van der Waals surface area contributed by atoms with Crippen molar-refractivity contribution >= 4 is 5.91 Å². The number of aromatic nitrogens is 1. The van der Waals surface area contributed by atoms with E-state index in [0.717, 1.165) is 19.5 Å². The average Bonchev–Trinajstić information content (AvgIpc) is 2.46. The summed E-state index contributed by atoms with van der Waals surface area (Å²) in [5, 5.41) is 3.50. The van der Waals surface area contributed by atoms with Gasteiger partial charge in [0.25, 0.3) is 5.91 Å². The third-order valence-corrected chi connectivity index (χ3v) is 3.48. The molecule has 98 valence electrons. The highest BCUT2D eigenvalue weighted by atomic mass is 16.2. The average molecular weight is 247 g/mol. The maximum absolute atomic E-state index is 12.1. The van der Waals surface area contributed by atoms with Crippen molar-refractivity contribution in [3.05, 3.63) is 30.1 Å². The normalized spacial score (nSPS) is 19.5. The number of hydrogen-bond acceptors (Lipinski definition) is 3. The minimum Gasteiger partial charge on any atom is -0.342 e. The molecule has 1 aromatic heterocycles. The molecule has 0 bridgehead atoms. The van der Waals surface area contributed by atoms with Crippen LogP contribution in [0, 0.1) is 0 Å². The van der Waals surface area contributed by atoms with Gasteiger partial charge in [0.2, 0.25) is 0 Å². The minimum atomic E-state index is 0.0545. The molecule has 1 aliphatic rings. The molecule has 18 heavy (non-hydrogen) atoms. The van der Waals surface area contributed by atoms with Crippen LogP contribution >= 0.6 is 0 Å². The maximum Gasteiger partial charge on any atom is 0.255 e. The summed E-state index contributed by atoms with van der Waals surface area (Å²) in [5.41, 5.74) is 0.664. The zero-order valence-electron chi connectivity index (χ0n) is 10.9. The van der Waals surface area contributed by atoms with Crippen molar-refractivity contribution in [1.29, 1.82) is 0 Å². The van der Waals surface area contributed by atoms with Crippen LogP contribution in [0.4, 0.5) is 0 Å². The van der Waals surface area contributed by atoms with Gasteiger partial charge in [0.1, 0.15) is 0 Å². The third-order valence-electron chi connectivity index (χ3n) is 3.48. The van der Waals surface area contributed by atoms with E-state index in [4.69, 9.17) is 0 Å². The van der Waals surface area contributed by atoms with Gasteiger partial charge in [-0.25, -0.2) is 0 Å². The molecule has 1 unspecified atom stereocenters. The van der Waals surface area contributed by atoms with Crippen LogP contribution in [-0.4, -0.2) is 42.0 Å². The van der Waals surface area contributed by atoms with E-state index in [1.54, 1.807) is 23.4 Å². The van der Waals surface area contributed by atoms with Crippen molar-refractivity contribution in [3.63, 3.8) is 0 Å². The van der Waals surface area contributed by atoms with Crippen molar-refractivity contribution in [3.8, 4) is 0 Å². The first kappa shape index (κ1) is 13.0. The lowest BCUT2D eigenvalue weighted by Gasteiger charge is -2.26. The molecule has 1 amide bonds. The van der Waals surface area contributed by atoms with Gasteiger partial charge in [0.05, 0.1) is 5.56 Å². The maximum atomic E-state index is 12.1. The molecule has 1 aromatic rings. The van der Waals surface area contributed by atoms with Crippen LogP contribution in [0.25, 0.3) is 0 Å². The topological polar surface area (TPSA) is 45.2 Å². The van der Waals surface area contributed by atoms with Crippen LogP contribution in [0.5, 0.6) is 0 Å². The molecule has 1 aliphatic heterocycles. The smallest absolute Gasteiger partial charge is 0.255 e. The van der Waals surface area contributed by atoms with Gasteiger partial charge in [-0.3, -0.25) is 9.78 Å². The van der Waals surface area contributed by atoms with E-state index in [2.05, 4.69) is 10.3 Å². The predicted molar refractivity (Wildman–Crippen MR) is 71.5 cm³/mol. The van der Waals surface area contributed by atoms with Crippen molar-refractivity contribution in [2.24, 2.45) is 0 Å². The van der Waals surface area contributed by atoms with Gasteiger partial charge in [0, 0.05) is 32.0 Å². The zero-order valence-corrected chi connectivity index (χ0v) is 10.9. The Morgan fingerprint density at radius 3 is 3.11 bits per heavy atom. The highest BCUT2D eigenvalue weighted by Crippen LogP contribution is 2.11. The van der Waals surface area contributed by atoms with Crippen molar-refractivity contribution < 1.29 is 4.79 Å². The second kappa shape index (κ2) is 6.50. The molecule has 1 fully saturated rings. The lowest BCUT2D eigenvalue weighted by molar-refractivity contribution is 0.0787. The monoisotopic (exact) mass is 247 g/mol. The fraction of sp³-hybridized carbons (Fsp3) is 0.571. The Balaban J connectivity index is 1.80. The van der Waals surface area contributed by atoms with Gasteiger partial charge in [-0.15, -0.1) is 0 Å². The van der Waals surface area contributed by atoms with E-state index in [-0.39, 0.29) is 5.91 Å². The molecule has 1 N–H and O–H groups in total. The van der Waals surface area contributed by atoms with Crippen LogP contribution < -0.4 is 5.32 Å². The molecule has 2 heterocycles. The molecule has 0 aromatic carbocycles. The van der Waals surface area contributed by atoms with E-state index in [1.165, 1.54) is 19.3 Å². The molecule has 0 saturated carbocycles. The fourth-order valence-electron chi connectivity index (χ4n) is 2.33. The number of nitrogens with one attached hydrogen (secondary N) is 1. The molecule has 2 rings (SSSR count). The van der Waals surface area contributed by atoms with Gasteiger partial charge in [-0.1, -0.05) is 6.42 Å². The third kappa shape index (κ3) is 3.53. The lowest BCUT2D eigenvalue weighted by atomic mass is 10.0. The summed E-state index contributed by atoms with van der Waals surface area (Å²) in [5.74, 6) is 0.0545. The summed E-state index contributed by atoms with van der Waals surface area (Å²) in [7, 11) is 1.86. The molecule has 1 atom stereocenters. The molecule has 0 aliphatic carbocycles. The molecule has 4 heteroatoms. The molecule has 0 spiro atoms. The standard InChI is InChI=1S/C14H21N3O/c1-17(10-7-13-6-2-3-9-16-13)14(18)12-5-4-8-15-11-12/h4-5,8,11,13,16H,2-3,6-7,9-10H2,1H3. The Morgan fingerprint density at radius 2 is 2.44 bits per heavy atom. The van der Waals surface area contributed by atoms with Gasteiger partial charge in [-0.05, 0) is 37.9 Å². The molecular weight excluding hydrogens is 226 g/mol. The second-order valence-electron chi connectivity index (χ2n) is 4.90. The number of piperidine rings is 1. The van der Waals surface area contributed by atoms with E-state index in [9.17, 15) is 4.79 Å². The van der Waals surface area contributed by atoms with Crippen LogP contribution in [-0.2, 0) is 0 Å². The van der Waals surface area contributed by atoms with E-state index in [0.29, 0.717) is 11.6 Å². The van der Waals surface area contributed by atoms with Crippen LogP contribution in [0.15, 0.2) is 24.5 Å². The summed E-state index contributed by atoms with van der Waals surface area (Å²) in [4.78, 5) is 17.8. The number of carbonyl (C=O) groups is 1. The highest BCUT2D eigenvalue weighted by molar-refractivity contribution is 5.93. The molecule has 1 saturated heterocycles. The predicted octanol–water partition coefficient (Wildman–Crippen LogP) is 1.69. The Kier molecular flexibility index (Phi) is 4.70. The van der Waals surface area contributed by atoms with Gasteiger partial charge < -0.3 is 10.2 Å². The first-order valence-electron chi connectivity index (χ1n) is 6.66. The van der Waals surface area contributed by atoms with E-state index in [1.807, 2.05) is 13.1 Å². The molecular formula is C14H21N3O. The van der Waals surface area contributed by atoms with Crippen molar-refractivity contribution in [2.75, 3.05) is 20.1 Å². The number of carbonyl (C=O) groups excluding carboxylic acids is 1. The van der Waals surface area contributed by atoms with Gasteiger partial charge in [-0.2, -0.15) is 0 Å². The van der Waals surface area contributed by atoms with E-state index >= 15 is 0 Å². The summed E-state index contributed by atoms with van der Waals surface area (Å²) < 4.78 is 0. The van der Waals surface area contributed by atoms with Gasteiger partial charge in [0.15, 0.2) is 0 Å². The van der Waals surface area contributed by atoms with Crippen molar-refractivity contribution in [2.45, 2.75) is 31.7 Å². The minimum absolute atomic E-state index is 0.0545. The number of amides is 1.